The molecule has 0 aromatic rings. The third kappa shape index (κ3) is 7.23. The van der Waals surface area contributed by atoms with Gasteiger partial charge in [-0.25, -0.2) is 0 Å². The Hall–Kier alpha value is -0.770. The number of ketones is 1. The van der Waals surface area contributed by atoms with E-state index in [2.05, 4.69) is 5.92 Å². The van der Waals surface area contributed by atoms with Gasteiger partial charge in [-0.2, -0.15) is 0 Å². The first-order chi connectivity index (χ1) is 3.81. The molecule has 0 radical (unpaired) electrons. The van der Waals surface area contributed by atoms with Crippen LogP contribution >= 0.6 is 0 Å². The van der Waals surface area contributed by atoms with E-state index in [1.807, 2.05) is 6.92 Å². The van der Waals surface area contributed by atoms with E-state index >= 15 is 0 Å². The fourth-order valence-corrected chi connectivity index (χ4v) is 0.410. The molecule has 0 aliphatic carbocycles. The summed E-state index contributed by atoms with van der Waals surface area (Å²) < 4.78 is 0. The molecule has 0 spiro atoms. The molecule has 0 aliphatic rings. The third-order valence-electron chi connectivity index (χ3n) is 0.918. The number of carbonyl (C=O) groups excluding carboxylic acids is 1. The molecule has 0 unspecified atom stereocenters. The molecule has 0 aromatic heterocycles. The average molecular weight is 126 g/mol. The summed E-state index contributed by atoms with van der Waals surface area (Å²) in [6.45, 7) is 2.03. The first kappa shape index (κ1) is 11.1. The van der Waals surface area contributed by atoms with Crippen molar-refractivity contribution in [2.45, 2.75) is 33.6 Å². The van der Waals surface area contributed by atoms with Gasteiger partial charge < -0.3 is 0 Å². The molecule has 0 heterocycles. The van der Waals surface area contributed by atoms with Crippen LogP contribution in [0.5, 0.6) is 0 Å². The van der Waals surface area contributed by atoms with Crippen LogP contribution in [0.25, 0.3) is 0 Å². The second-order valence-electron chi connectivity index (χ2n) is 1.67. The highest BCUT2D eigenvalue weighted by Crippen LogP contribution is 1.92. The molecule has 0 N–H and O–H groups in total. The van der Waals surface area contributed by atoms with Gasteiger partial charge in [0.1, 0.15) is 0 Å². The van der Waals surface area contributed by atoms with E-state index in [4.69, 9.17) is 6.42 Å². The van der Waals surface area contributed by atoms with Crippen LogP contribution in [0.2, 0.25) is 0 Å². The molecule has 0 amide bonds. The molecule has 0 atom stereocenters. The molecular formula is C8H14O. The van der Waals surface area contributed by atoms with Crippen molar-refractivity contribution in [2.24, 2.45) is 0 Å². The minimum Gasteiger partial charge on any atom is -0.285 e. The predicted molar refractivity (Wildman–Crippen MR) is 40.1 cm³/mol. The van der Waals surface area contributed by atoms with Crippen molar-refractivity contribution in [3.05, 3.63) is 0 Å². The van der Waals surface area contributed by atoms with Gasteiger partial charge in [-0.05, 0) is 12.3 Å². The molecule has 0 rings (SSSR count). The van der Waals surface area contributed by atoms with E-state index in [-0.39, 0.29) is 13.2 Å². The van der Waals surface area contributed by atoms with Gasteiger partial charge in [-0.15, -0.1) is 6.42 Å². The fourth-order valence-electron chi connectivity index (χ4n) is 0.410. The number of terminal acetylenes is 1. The van der Waals surface area contributed by atoms with Gasteiger partial charge in [0.15, 0.2) is 0 Å². The van der Waals surface area contributed by atoms with Crippen molar-refractivity contribution < 1.29 is 4.79 Å². The second kappa shape index (κ2) is 7.23. The van der Waals surface area contributed by atoms with E-state index in [9.17, 15) is 4.79 Å². The van der Waals surface area contributed by atoms with Crippen molar-refractivity contribution in [1.82, 2.24) is 0 Å². The van der Waals surface area contributed by atoms with Crippen LogP contribution < -0.4 is 0 Å². The van der Waals surface area contributed by atoms with E-state index in [1.165, 1.54) is 0 Å². The normalized spacial score (nSPS) is 7.11. The van der Waals surface area contributed by atoms with Crippen molar-refractivity contribution in [1.29, 1.82) is 0 Å². The largest absolute Gasteiger partial charge is 0.285 e. The van der Waals surface area contributed by atoms with Crippen molar-refractivity contribution in [3.8, 4) is 12.3 Å². The maximum Gasteiger partial charge on any atom is 0.205 e. The van der Waals surface area contributed by atoms with E-state index in [1.54, 1.807) is 0 Å². The molecular weight excluding hydrogens is 112 g/mol. The molecule has 0 bridgehead atoms. The fraction of sp³-hybridized carbons (Fsp3) is 0.625. The molecule has 1 nitrogen and oxygen atoms in total. The van der Waals surface area contributed by atoms with Gasteiger partial charge in [0.05, 0.1) is 0 Å². The lowest BCUT2D eigenvalue weighted by Crippen LogP contribution is -1.90. The number of unbranched alkanes of at least 4 members (excludes halogenated alkanes) is 1. The number of carbonyl (C=O) groups is 1. The predicted octanol–water partition coefficient (Wildman–Crippen LogP) is 2.02. The summed E-state index contributed by atoms with van der Waals surface area (Å²) in [5, 5.41) is 0. The van der Waals surface area contributed by atoms with Crippen LogP contribution in [0.3, 0.4) is 0 Å². The maximum atomic E-state index is 10.3. The molecule has 0 fully saturated rings. The van der Waals surface area contributed by atoms with Crippen LogP contribution in [0.1, 0.15) is 33.6 Å². The third-order valence-corrected chi connectivity index (χ3v) is 0.918. The summed E-state index contributed by atoms with van der Waals surface area (Å²) in [4.78, 5) is 10.3. The Balaban J connectivity index is 0. The second-order valence-corrected chi connectivity index (χ2v) is 1.67. The quantitative estimate of drug-likeness (QED) is 0.417. The summed E-state index contributed by atoms with van der Waals surface area (Å²) in [5.74, 6) is 1.98. The SMILES string of the molecule is C.C#CC(=O)CCCC. The van der Waals surface area contributed by atoms with Crippen LogP contribution in [0.15, 0.2) is 0 Å². The Morgan fingerprint density at radius 2 is 2.22 bits per heavy atom. The Labute approximate surface area is 57.5 Å². The van der Waals surface area contributed by atoms with Gasteiger partial charge in [0, 0.05) is 6.42 Å². The first-order valence-electron chi connectivity index (χ1n) is 2.80. The van der Waals surface area contributed by atoms with Crippen LogP contribution in [-0.2, 0) is 4.79 Å². The van der Waals surface area contributed by atoms with Crippen LogP contribution in [-0.4, -0.2) is 5.78 Å². The number of hydrogen-bond donors (Lipinski definition) is 0. The summed E-state index contributed by atoms with van der Waals surface area (Å²) in [5.41, 5.74) is 0. The summed E-state index contributed by atoms with van der Waals surface area (Å²) in [6, 6.07) is 0. The Bertz CT molecular complexity index is 108. The number of Topliss-reactive ketones (excluding diaryl/α,β-unsaturated/α-hetero) is 1. The zero-order chi connectivity index (χ0) is 6.41. The summed E-state index contributed by atoms with van der Waals surface area (Å²) >= 11 is 0. The van der Waals surface area contributed by atoms with E-state index < -0.39 is 0 Å². The van der Waals surface area contributed by atoms with Crippen LogP contribution in [0.4, 0.5) is 0 Å². The van der Waals surface area contributed by atoms with E-state index in [0.717, 1.165) is 12.8 Å². The molecule has 0 aliphatic heterocycles. The lowest BCUT2D eigenvalue weighted by Gasteiger charge is -1.86. The molecule has 1 heteroatoms. The Kier molecular flexibility index (Phi) is 8.90. The molecule has 52 valence electrons. The number of hydrogen-bond acceptors (Lipinski definition) is 1. The molecule has 0 aromatic carbocycles. The van der Waals surface area contributed by atoms with Crippen molar-refractivity contribution in [3.63, 3.8) is 0 Å². The van der Waals surface area contributed by atoms with Gasteiger partial charge >= 0.3 is 0 Å². The van der Waals surface area contributed by atoms with Crippen LogP contribution in [0, 0.1) is 12.3 Å². The van der Waals surface area contributed by atoms with Gasteiger partial charge in [-0.3, -0.25) is 4.79 Å². The van der Waals surface area contributed by atoms with E-state index in [0.29, 0.717) is 6.42 Å². The van der Waals surface area contributed by atoms with Crippen molar-refractivity contribution in [2.75, 3.05) is 0 Å². The average Bonchev–Trinajstić information content (AvgIpc) is 1.83. The highest BCUT2D eigenvalue weighted by molar-refractivity contribution is 5.94. The minimum absolute atomic E-state index is 0. The summed E-state index contributed by atoms with van der Waals surface area (Å²) in [7, 11) is 0. The standard InChI is InChI=1S/C7H10O.CH4/c1-3-5-6-7(8)4-2;/h2H,3,5-6H2,1H3;1H4. The summed E-state index contributed by atoms with van der Waals surface area (Å²) in [6.07, 6.45) is 7.32. The Morgan fingerprint density at radius 3 is 2.56 bits per heavy atom. The molecule has 9 heavy (non-hydrogen) atoms. The minimum atomic E-state index is -0.0770. The van der Waals surface area contributed by atoms with Gasteiger partial charge in [0.2, 0.25) is 5.78 Å². The zero-order valence-electron chi connectivity index (χ0n) is 5.11. The molecule has 0 saturated carbocycles. The zero-order valence-corrected chi connectivity index (χ0v) is 5.11. The van der Waals surface area contributed by atoms with Gasteiger partial charge in [0.25, 0.3) is 0 Å². The first-order valence-corrected chi connectivity index (χ1v) is 2.80. The smallest absolute Gasteiger partial charge is 0.205 e. The Morgan fingerprint density at radius 1 is 1.67 bits per heavy atom. The topological polar surface area (TPSA) is 17.1 Å². The van der Waals surface area contributed by atoms with Crippen molar-refractivity contribution >= 4 is 5.78 Å². The lowest BCUT2D eigenvalue weighted by molar-refractivity contribution is -0.113. The number of rotatable bonds is 3. The highest BCUT2D eigenvalue weighted by Gasteiger charge is 1.91. The monoisotopic (exact) mass is 126 g/mol. The highest BCUT2D eigenvalue weighted by atomic mass is 16.1. The maximum absolute atomic E-state index is 10.3. The molecule has 0 saturated heterocycles. The lowest BCUT2D eigenvalue weighted by atomic mass is 10.2. The van der Waals surface area contributed by atoms with Gasteiger partial charge in [-0.1, -0.05) is 20.8 Å².